The van der Waals surface area contributed by atoms with E-state index in [1.165, 1.54) is 16.5 Å². The van der Waals surface area contributed by atoms with E-state index in [0.29, 0.717) is 6.54 Å². The van der Waals surface area contributed by atoms with E-state index in [9.17, 15) is 4.79 Å². The van der Waals surface area contributed by atoms with Crippen LogP contribution in [0.2, 0.25) is 0 Å². The van der Waals surface area contributed by atoms with Crippen LogP contribution in [0.5, 0.6) is 5.75 Å². The second-order valence-electron chi connectivity index (χ2n) is 7.44. The molecule has 1 aliphatic heterocycles. The molecule has 0 radical (unpaired) electrons. The number of carbonyl (C=O) groups is 1. The lowest BCUT2D eigenvalue weighted by molar-refractivity contribution is 0.140. The monoisotopic (exact) mass is 392 g/mol. The van der Waals surface area contributed by atoms with Gasteiger partial charge in [0.05, 0.1) is 7.11 Å². The van der Waals surface area contributed by atoms with Crippen LogP contribution in [0.25, 0.3) is 10.9 Å². The van der Waals surface area contributed by atoms with Crippen LogP contribution >= 0.6 is 0 Å². The topological polar surface area (TPSA) is 60.6 Å². The molecule has 0 bridgehead atoms. The van der Waals surface area contributed by atoms with E-state index in [0.717, 1.165) is 50.5 Å². The van der Waals surface area contributed by atoms with Crippen LogP contribution in [0.1, 0.15) is 11.1 Å². The summed E-state index contributed by atoms with van der Waals surface area (Å²) in [6, 6.07) is 16.2. The van der Waals surface area contributed by atoms with Crippen LogP contribution in [0, 0.1) is 0 Å². The number of piperazine rings is 1. The smallest absolute Gasteiger partial charge is 0.317 e. The summed E-state index contributed by atoms with van der Waals surface area (Å²) >= 11 is 0. The fraction of sp³-hybridized carbons (Fsp3) is 0.348. The molecule has 2 N–H and O–H groups in total. The molecule has 1 aromatic heterocycles. The van der Waals surface area contributed by atoms with Gasteiger partial charge in [0, 0.05) is 56.4 Å². The molecule has 152 valence electrons. The molecule has 0 atom stereocenters. The molecular weight excluding hydrogens is 364 g/mol. The van der Waals surface area contributed by atoms with Crippen molar-refractivity contribution in [3.8, 4) is 5.75 Å². The molecule has 6 heteroatoms. The molecule has 1 saturated heterocycles. The first-order valence-corrected chi connectivity index (χ1v) is 10.2. The summed E-state index contributed by atoms with van der Waals surface area (Å²) in [7, 11) is 1.65. The quantitative estimate of drug-likeness (QED) is 0.677. The number of methoxy groups -OCH3 is 1. The zero-order valence-corrected chi connectivity index (χ0v) is 16.9. The number of amides is 2. The molecular formula is C23H28N4O2. The number of aromatic amines is 1. The zero-order chi connectivity index (χ0) is 20.1. The first-order chi connectivity index (χ1) is 14.2. The summed E-state index contributed by atoms with van der Waals surface area (Å²) < 4.78 is 5.16. The highest BCUT2D eigenvalue weighted by Gasteiger charge is 2.20. The number of nitrogens with one attached hydrogen (secondary N) is 2. The van der Waals surface area contributed by atoms with Gasteiger partial charge in [-0.3, -0.25) is 4.90 Å². The molecule has 4 rings (SSSR count). The molecule has 1 fully saturated rings. The minimum atomic E-state index is 0.0112. The van der Waals surface area contributed by atoms with Crippen molar-refractivity contribution in [1.29, 1.82) is 0 Å². The van der Waals surface area contributed by atoms with E-state index in [1.54, 1.807) is 7.11 Å². The Kier molecular flexibility index (Phi) is 6.00. The number of para-hydroxylation sites is 1. The van der Waals surface area contributed by atoms with Crippen molar-refractivity contribution in [3.05, 3.63) is 65.9 Å². The first-order valence-electron chi connectivity index (χ1n) is 10.2. The number of nitrogens with zero attached hydrogens (tertiary/aromatic N) is 2. The number of fused-ring (bicyclic) bond motifs is 1. The van der Waals surface area contributed by atoms with Gasteiger partial charge >= 0.3 is 6.03 Å². The predicted molar refractivity (Wildman–Crippen MR) is 115 cm³/mol. The molecule has 0 spiro atoms. The Morgan fingerprint density at radius 2 is 1.83 bits per heavy atom. The van der Waals surface area contributed by atoms with Gasteiger partial charge in [-0.15, -0.1) is 0 Å². The van der Waals surface area contributed by atoms with E-state index in [2.05, 4.69) is 45.7 Å². The van der Waals surface area contributed by atoms with Gasteiger partial charge in [-0.1, -0.05) is 30.3 Å². The largest absolute Gasteiger partial charge is 0.497 e. The summed E-state index contributed by atoms with van der Waals surface area (Å²) in [5.41, 5.74) is 3.62. The van der Waals surface area contributed by atoms with Gasteiger partial charge in [-0.25, -0.2) is 4.79 Å². The third kappa shape index (κ3) is 4.71. The number of ether oxygens (including phenoxy) is 1. The average Bonchev–Trinajstić information content (AvgIpc) is 3.20. The average molecular weight is 393 g/mol. The van der Waals surface area contributed by atoms with Crippen molar-refractivity contribution in [2.24, 2.45) is 0 Å². The fourth-order valence-electron chi connectivity index (χ4n) is 3.82. The van der Waals surface area contributed by atoms with Gasteiger partial charge in [-0.05, 0) is 35.7 Å². The van der Waals surface area contributed by atoms with Gasteiger partial charge in [0.25, 0.3) is 0 Å². The number of benzene rings is 2. The van der Waals surface area contributed by atoms with Crippen molar-refractivity contribution in [2.45, 2.75) is 13.0 Å². The lowest BCUT2D eigenvalue weighted by atomic mass is 10.1. The normalized spacial score (nSPS) is 14.9. The SMILES string of the molecule is COc1ccc(CNC(=O)N2CCN(CCc3c[nH]c4ccccc34)CC2)cc1. The van der Waals surface area contributed by atoms with E-state index < -0.39 is 0 Å². The Morgan fingerprint density at radius 1 is 1.07 bits per heavy atom. The molecule has 29 heavy (non-hydrogen) atoms. The Morgan fingerprint density at radius 3 is 2.59 bits per heavy atom. The fourth-order valence-corrected chi connectivity index (χ4v) is 3.82. The Labute approximate surface area is 171 Å². The van der Waals surface area contributed by atoms with Gasteiger partial charge in [0.1, 0.15) is 5.75 Å². The molecule has 0 aliphatic carbocycles. The lowest BCUT2D eigenvalue weighted by Gasteiger charge is -2.34. The summed E-state index contributed by atoms with van der Waals surface area (Å²) in [6.07, 6.45) is 3.14. The van der Waals surface area contributed by atoms with Crippen LogP contribution in [0.3, 0.4) is 0 Å². The highest BCUT2D eigenvalue weighted by Crippen LogP contribution is 2.18. The van der Waals surface area contributed by atoms with E-state index in [-0.39, 0.29) is 6.03 Å². The third-order valence-electron chi connectivity index (χ3n) is 5.63. The van der Waals surface area contributed by atoms with E-state index in [1.807, 2.05) is 29.2 Å². The van der Waals surface area contributed by atoms with Crippen molar-refractivity contribution in [2.75, 3.05) is 39.8 Å². The van der Waals surface area contributed by atoms with Crippen LogP contribution in [-0.4, -0.2) is 60.6 Å². The van der Waals surface area contributed by atoms with Crippen LogP contribution < -0.4 is 10.1 Å². The van der Waals surface area contributed by atoms with Crippen molar-refractivity contribution >= 4 is 16.9 Å². The lowest BCUT2D eigenvalue weighted by Crippen LogP contribution is -2.51. The maximum Gasteiger partial charge on any atom is 0.317 e. The van der Waals surface area contributed by atoms with Crippen LogP contribution in [-0.2, 0) is 13.0 Å². The Balaban J connectivity index is 1.21. The highest BCUT2D eigenvalue weighted by atomic mass is 16.5. The molecule has 2 amide bonds. The highest BCUT2D eigenvalue weighted by molar-refractivity contribution is 5.83. The standard InChI is InChI=1S/C23H28N4O2/c1-29-20-8-6-18(7-9-20)16-25-23(28)27-14-12-26(13-15-27)11-10-19-17-24-22-5-3-2-4-21(19)22/h2-9,17,24H,10-16H2,1H3,(H,25,28). The number of rotatable bonds is 6. The second-order valence-corrected chi connectivity index (χ2v) is 7.44. The number of urea groups is 1. The number of H-pyrrole nitrogens is 1. The summed E-state index contributed by atoms with van der Waals surface area (Å²) in [5.74, 6) is 0.823. The number of hydrogen-bond donors (Lipinski definition) is 2. The van der Waals surface area contributed by atoms with E-state index in [4.69, 9.17) is 4.74 Å². The minimum absolute atomic E-state index is 0.0112. The molecule has 2 aromatic carbocycles. The maximum atomic E-state index is 12.5. The zero-order valence-electron chi connectivity index (χ0n) is 16.9. The van der Waals surface area contributed by atoms with Crippen molar-refractivity contribution in [1.82, 2.24) is 20.1 Å². The molecule has 0 saturated carbocycles. The third-order valence-corrected chi connectivity index (χ3v) is 5.63. The molecule has 3 aromatic rings. The number of aromatic nitrogens is 1. The molecule has 0 unspecified atom stereocenters. The van der Waals surface area contributed by atoms with Crippen molar-refractivity contribution < 1.29 is 9.53 Å². The maximum absolute atomic E-state index is 12.5. The summed E-state index contributed by atoms with van der Waals surface area (Å²) in [4.78, 5) is 20.2. The second kappa shape index (κ2) is 9.01. The van der Waals surface area contributed by atoms with Crippen LogP contribution in [0.15, 0.2) is 54.7 Å². The molecule has 1 aliphatic rings. The van der Waals surface area contributed by atoms with Gasteiger partial charge in [0.15, 0.2) is 0 Å². The molecule has 2 heterocycles. The number of hydrogen-bond acceptors (Lipinski definition) is 3. The Bertz CT molecular complexity index is 943. The summed E-state index contributed by atoms with van der Waals surface area (Å²) in [6.45, 7) is 4.91. The predicted octanol–water partition coefficient (Wildman–Crippen LogP) is 3.25. The van der Waals surface area contributed by atoms with Gasteiger partial charge in [0.2, 0.25) is 0 Å². The van der Waals surface area contributed by atoms with Gasteiger partial charge < -0.3 is 19.9 Å². The van der Waals surface area contributed by atoms with E-state index >= 15 is 0 Å². The Hall–Kier alpha value is -2.99. The summed E-state index contributed by atoms with van der Waals surface area (Å²) in [5, 5.41) is 4.33. The van der Waals surface area contributed by atoms with Gasteiger partial charge in [-0.2, -0.15) is 0 Å². The molecule has 6 nitrogen and oxygen atoms in total. The first kappa shape index (κ1) is 19.3. The van der Waals surface area contributed by atoms with Crippen molar-refractivity contribution in [3.63, 3.8) is 0 Å². The van der Waals surface area contributed by atoms with Crippen LogP contribution in [0.4, 0.5) is 4.79 Å². The number of carbonyl (C=O) groups excluding carboxylic acids is 1. The minimum Gasteiger partial charge on any atom is -0.497 e.